The number of anilines is 4. The molecule has 1 heterocycles. The maximum atomic E-state index is 13.8. The van der Waals surface area contributed by atoms with Crippen LogP contribution < -0.4 is 19.6 Å². The lowest BCUT2D eigenvalue weighted by Gasteiger charge is -2.35. The van der Waals surface area contributed by atoms with E-state index >= 15 is 0 Å². The number of unbranched alkanes of at least 4 members (excludes halogenated alkanes) is 5. The third-order valence-electron chi connectivity index (χ3n) is 19.1. The molecular weight excluding hydrogens is 1280 g/mol. The number of carbonyl (C=O) groups excluding carboxylic acids is 8. The summed E-state index contributed by atoms with van der Waals surface area (Å²) in [5, 5.41) is 42.9. The van der Waals surface area contributed by atoms with Gasteiger partial charge in [-0.25, -0.2) is 0 Å². The fourth-order valence-electron chi connectivity index (χ4n) is 13.2. The highest BCUT2D eigenvalue weighted by Gasteiger charge is 2.32. The van der Waals surface area contributed by atoms with Crippen molar-refractivity contribution in [3.63, 3.8) is 0 Å². The highest BCUT2D eigenvalue weighted by Crippen LogP contribution is 2.34. The monoisotopic (exact) mass is 1380 g/mol. The van der Waals surface area contributed by atoms with Gasteiger partial charge in [-0.15, -0.1) is 0 Å². The van der Waals surface area contributed by atoms with Gasteiger partial charge in [0.05, 0.1) is 33.4 Å². The predicted molar refractivity (Wildman–Crippen MR) is 404 cm³/mol. The third kappa shape index (κ3) is 18.4. The van der Waals surface area contributed by atoms with Gasteiger partial charge in [0, 0.05) is 172 Å². The van der Waals surface area contributed by atoms with Crippen molar-refractivity contribution in [2.75, 3.05) is 98.1 Å². The molecule has 1 aliphatic heterocycles. The van der Waals surface area contributed by atoms with E-state index in [1.54, 1.807) is 168 Å². The second-order valence-corrected chi connectivity index (χ2v) is 25.0. The van der Waals surface area contributed by atoms with Crippen LogP contribution in [-0.2, 0) is 0 Å². The van der Waals surface area contributed by atoms with E-state index in [4.69, 9.17) is 0 Å². The predicted octanol–water partition coefficient (Wildman–Crippen LogP) is 15.3. The number of benzene rings is 8. The van der Waals surface area contributed by atoms with Crippen LogP contribution in [0.5, 0.6) is 23.0 Å². The molecule has 9 rings (SSSR count). The lowest BCUT2D eigenvalue weighted by molar-refractivity contribution is 0.0533. The van der Waals surface area contributed by atoms with Gasteiger partial charge in [-0.05, 0) is 129 Å². The van der Waals surface area contributed by atoms with Crippen LogP contribution in [0.4, 0.5) is 22.7 Å². The Labute approximate surface area is 599 Å². The van der Waals surface area contributed by atoms with Crippen LogP contribution >= 0.6 is 0 Å². The molecule has 18 heteroatoms. The van der Waals surface area contributed by atoms with Crippen LogP contribution in [0.1, 0.15) is 212 Å². The molecule has 8 aromatic rings. The summed E-state index contributed by atoms with van der Waals surface area (Å²) in [6.07, 6.45) is 5.50. The second-order valence-electron chi connectivity index (χ2n) is 25.0. The molecule has 0 aromatic heterocycles. The smallest absolute Gasteiger partial charge is 0.254 e. The zero-order valence-corrected chi connectivity index (χ0v) is 60.0. The fraction of sp³-hybridized carbons (Fsp3) is 0.333. The number of piperazine rings is 1. The van der Waals surface area contributed by atoms with E-state index < -0.39 is 11.6 Å². The maximum Gasteiger partial charge on any atom is 0.254 e. The summed E-state index contributed by atoms with van der Waals surface area (Å²) >= 11 is 0. The third-order valence-corrected chi connectivity index (χ3v) is 19.1. The highest BCUT2D eigenvalue weighted by atomic mass is 16.3. The highest BCUT2D eigenvalue weighted by molar-refractivity contribution is 6.19. The number of ketones is 6. The van der Waals surface area contributed by atoms with E-state index in [0.29, 0.717) is 36.8 Å². The summed E-state index contributed by atoms with van der Waals surface area (Å²) in [5.74, 6) is -3.08. The molecule has 534 valence electrons. The number of rotatable bonds is 33. The number of carbonyl (C=O) groups is 8. The quantitative estimate of drug-likeness (QED) is 0.0221. The van der Waals surface area contributed by atoms with Crippen molar-refractivity contribution in [3.8, 4) is 23.0 Å². The van der Waals surface area contributed by atoms with Gasteiger partial charge in [0.25, 0.3) is 11.8 Å². The molecule has 4 N–H and O–H groups in total. The molecule has 0 atom stereocenters. The van der Waals surface area contributed by atoms with Crippen molar-refractivity contribution in [1.29, 1.82) is 0 Å². The SMILES string of the molecule is CCN(CC)c1ccc(C(=O)c2ccccc2C(=O)CCCCCCCCC(=O)c2ccccc2C(=O)c2ccc(N(CC)CC)cc2O)c(O)c1.CCN(CC)c1ccc(C(=O)c2ccccc2C(=O)N2CCN(C(=O)c3ccccc3C(=O)c3ccc(N(CC)CC)cc3O)CC2)c(O)c1. The van der Waals surface area contributed by atoms with Crippen LogP contribution in [0.25, 0.3) is 0 Å². The van der Waals surface area contributed by atoms with Gasteiger partial charge >= 0.3 is 0 Å². The first kappa shape index (κ1) is 76.9. The number of aromatic hydroxyl groups is 4. The molecule has 8 aromatic carbocycles. The van der Waals surface area contributed by atoms with Crippen LogP contribution in [0.2, 0.25) is 0 Å². The minimum absolute atomic E-state index is 0.102. The largest absolute Gasteiger partial charge is 0.507 e. The van der Waals surface area contributed by atoms with E-state index in [0.717, 1.165) is 101 Å². The molecule has 18 nitrogen and oxygen atoms in total. The standard InChI is InChI=1S/C44H52N2O6.C40H44N4O6/c1-5-45(6-2)31-25-27-37(41(49)29-31)43(51)35-21-17-15-19-33(35)39(47)23-13-11-9-10-12-14-24-40(48)34-20-16-18-22-36(34)44(52)38-28-26-32(30-42(38)50)46(7-3)8-4;1-5-41(6-2)27-17-19-33(35(45)25-27)37(47)29-13-9-11-15-31(29)39(49)43-21-23-44(24-22-43)40(50)32-16-12-10-14-30(32)38(48)34-20-18-28(26-36(34)46)42(7-3)8-4/h15-22,25-30,49-50H,5-14,23-24H2,1-4H3;9-20,25-26,45-46H,5-8,21-24H2,1-4H3. The summed E-state index contributed by atoms with van der Waals surface area (Å²) in [6.45, 7) is 23.2. The molecule has 0 bridgehead atoms. The number of Topliss-reactive ketones (excluding diaryl/α,β-unsaturated/α-hetero) is 2. The summed E-state index contributed by atoms with van der Waals surface area (Å²) in [5.41, 5.74) is 5.94. The molecule has 0 saturated carbocycles. The van der Waals surface area contributed by atoms with E-state index in [-0.39, 0.29) is 140 Å². The van der Waals surface area contributed by atoms with Crippen molar-refractivity contribution in [2.24, 2.45) is 0 Å². The molecular formula is C84H96N6O12. The van der Waals surface area contributed by atoms with Crippen LogP contribution in [0.3, 0.4) is 0 Å². The maximum absolute atomic E-state index is 13.8. The van der Waals surface area contributed by atoms with Crippen molar-refractivity contribution in [3.05, 3.63) is 237 Å². The minimum Gasteiger partial charge on any atom is -0.507 e. The van der Waals surface area contributed by atoms with Crippen molar-refractivity contribution in [2.45, 2.75) is 107 Å². The fourth-order valence-corrected chi connectivity index (χ4v) is 13.2. The molecule has 102 heavy (non-hydrogen) atoms. The van der Waals surface area contributed by atoms with Gasteiger partial charge in [0.1, 0.15) is 23.0 Å². The Hall–Kier alpha value is -10.9. The zero-order chi connectivity index (χ0) is 73.6. The van der Waals surface area contributed by atoms with Gasteiger partial charge in [-0.1, -0.05) is 111 Å². The minimum atomic E-state index is -0.457. The average molecular weight is 1380 g/mol. The van der Waals surface area contributed by atoms with E-state index in [2.05, 4.69) is 19.6 Å². The normalized spacial score (nSPS) is 11.8. The Balaban J connectivity index is 0.000000259. The topological polar surface area (TPSA) is 237 Å². The zero-order valence-electron chi connectivity index (χ0n) is 60.0. The Morgan fingerprint density at radius 2 is 0.480 bits per heavy atom. The first-order chi connectivity index (χ1) is 49.3. The number of phenolic OH excluding ortho intramolecular Hbond substituents is 4. The number of phenols is 4. The van der Waals surface area contributed by atoms with Crippen LogP contribution in [0.15, 0.2) is 170 Å². The Morgan fingerprint density at radius 1 is 0.275 bits per heavy atom. The summed E-state index contributed by atoms with van der Waals surface area (Å²) in [4.78, 5) is 120. The molecule has 0 unspecified atom stereocenters. The van der Waals surface area contributed by atoms with Gasteiger partial charge in [0.2, 0.25) is 0 Å². The molecule has 0 aliphatic carbocycles. The first-order valence-corrected chi connectivity index (χ1v) is 35.8. The first-order valence-electron chi connectivity index (χ1n) is 35.8. The molecule has 0 radical (unpaired) electrons. The second kappa shape index (κ2) is 37.0. The molecule has 1 fully saturated rings. The number of nitrogens with zero attached hydrogens (tertiary/aromatic N) is 6. The molecule has 1 saturated heterocycles. The number of hydrogen-bond donors (Lipinski definition) is 4. The van der Waals surface area contributed by atoms with E-state index in [9.17, 15) is 58.8 Å². The van der Waals surface area contributed by atoms with Crippen LogP contribution in [-0.4, -0.2) is 155 Å². The lowest BCUT2D eigenvalue weighted by Crippen LogP contribution is -2.51. The van der Waals surface area contributed by atoms with E-state index in [1.807, 2.05) is 67.5 Å². The Bertz CT molecular complexity index is 4020. The average Bonchev–Trinajstić information content (AvgIpc) is 0.810. The molecule has 0 spiro atoms. The Morgan fingerprint density at radius 3 is 0.706 bits per heavy atom. The summed E-state index contributed by atoms with van der Waals surface area (Å²) < 4.78 is 0. The van der Waals surface area contributed by atoms with Crippen molar-refractivity contribution in [1.82, 2.24) is 9.80 Å². The molecule has 1 aliphatic rings. The summed E-state index contributed by atoms with van der Waals surface area (Å²) in [7, 11) is 0. The number of amides is 2. The molecule has 2 amide bonds. The van der Waals surface area contributed by atoms with Gasteiger partial charge < -0.3 is 49.8 Å². The Kier molecular flexibility index (Phi) is 27.9. The lowest BCUT2D eigenvalue weighted by atomic mass is 9.93. The number of hydrogen-bond acceptors (Lipinski definition) is 16. The van der Waals surface area contributed by atoms with Crippen molar-refractivity contribution < 1.29 is 58.8 Å². The summed E-state index contributed by atoms with van der Waals surface area (Å²) in [6, 6.07) is 46.6. The van der Waals surface area contributed by atoms with E-state index in [1.165, 1.54) is 0 Å². The van der Waals surface area contributed by atoms with Crippen molar-refractivity contribution >= 4 is 69.3 Å². The van der Waals surface area contributed by atoms with Gasteiger partial charge in [-0.3, -0.25) is 38.4 Å². The van der Waals surface area contributed by atoms with Crippen LogP contribution in [0, 0.1) is 0 Å². The van der Waals surface area contributed by atoms with Gasteiger partial charge in [0.15, 0.2) is 34.7 Å². The van der Waals surface area contributed by atoms with Gasteiger partial charge in [-0.2, -0.15) is 0 Å².